The first kappa shape index (κ1) is 26.5. The number of ether oxygens (including phenoxy) is 3. The fourth-order valence-electron chi connectivity index (χ4n) is 6.55. The summed E-state index contributed by atoms with van der Waals surface area (Å²) in [7, 11) is 3.70. The third-order valence-electron chi connectivity index (χ3n) is 8.74. The maximum Gasteiger partial charge on any atom is 0.253 e. The second-order valence-electron chi connectivity index (χ2n) is 11.3. The van der Waals surface area contributed by atoms with Crippen LogP contribution >= 0.6 is 0 Å². The molecule has 42 heavy (non-hydrogen) atoms. The van der Waals surface area contributed by atoms with Gasteiger partial charge in [-0.25, -0.2) is 0 Å². The van der Waals surface area contributed by atoms with Gasteiger partial charge in [0.2, 0.25) is 12.5 Å². The van der Waals surface area contributed by atoms with Gasteiger partial charge in [0.15, 0.2) is 17.3 Å². The largest absolute Gasteiger partial charge is 0.492 e. The summed E-state index contributed by atoms with van der Waals surface area (Å²) in [6.07, 6.45) is 3.91. The minimum atomic E-state index is -0.281. The molecule has 0 unspecified atom stereocenters. The van der Waals surface area contributed by atoms with E-state index >= 15 is 0 Å². The van der Waals surface area contributed by atoms with Gasteiger partial charge in [0.05, 0.1) is 12.8 Å². The fraction of sp³-hybridized carbons (Fsp3) is 0.375. The Morgan fingerprint density at radius 1 is 1.02 bits per heavy atom. The van der Waals surface area contributed by atoms with Crippen molar-refractivity contribution in [3.63, 3.8) is 0 Å². The summed E-state index contributed by atoms with van der Waals surface area (Å²) in [4.78, 5) is 17.8. The van der Waals surface area contributed by atoms with Gasteiger partial charge in [-0.05, 0) is 84.5 Å². The number of fused-ring (bicyclic) bond motifs is 2. The van der Waals surface area contributed by atoms with Gasteiger partial charge in [-0.1, -0.05) is 36.4 Å². The summed E-state index contributed by atoms with van der Waals surface area (Å²) < 4.78 is 19.0. The number of methoxy groups -OCH3 is 1. The van der Waals surface area contributed by atoms with Crippen LogP contribution in [0.1, 0.15) is 51.8 Å². The van der Waals surface area contributed by atoms with Crippen LogP contribution < -0.4 is 14.2 Å². The normalized spacial score (nSPS) is 18.6. The molecule has 10 nitrogen and oxygen atoms in total. The van der Waals surface area contributed by atoms with Gasteiger partial charge in [0, 0.05) is 30.8 Å². The summed E-state index contributed by atoms with van der Waals surface area (Å²) in [5, 5.41) is 12.9. The zero-order chi connectivity index (χ0) is 28.6. The van der Waals surface area contributed by atoms with Crippen LogP contribution in [-0.2, 0) is 12.8 Å². The van der Waals surface area contributed by atoms with Crippen LogP contribution in [0.2, 0.25) is 0 Å². The molecule has 0 aliphatic carbocycles. The predicted octanol–water partition coefficient (Wildman–Crippen LogP) is 4.07. The SMILES string of the molecule is COc1c2c(cc3c1[C@@H](c1nnnn1-c1cccc(C(=O)N4CCC(Cc5ccccc5)CC4)c1)N(C)CC3)OCO2. The Balaban J connectivity index is 1.14. The fourth-order valence-corrected chi connectivity index (χ4v) is 6.55. The predicted molar refractivity (Wildman–Crippen MR) is 155 cm³/mol. The van der Waals surface area contributed by atoms with Gasteiger partial charge >= 0.3 is 0 Å². The number of rotatable bonds is 6. The second kappa shape index (κ2) is 11.1. The van der Waals surface area contributed by atoms with Crippen LogP contribution in [-0.4, -0.2) is 76.5 Å². The van der Waals surface area contributed by atoms with Gasteiger partial charge in [-0.3, -0.25) is 9.69 Å². The lowest BCUT2D eigenvalue weighted by atomic mass is 9.90. The molecule has 0 saturated carbocycles. The second-order valence-corrected chi connectivity index (χ2v) is 11.3. The van der Waals surface area contributed by atoms with Crippen LogP contribution in [0.15, 0.2) is 60.7 Å². The smallest absolute Gasteiger partial charge is 0.253 e. The van der Waals surface area contributed by atoms with E-state index in [1.54, 1.807) is 11.8 Å². The highest BCUT2D eigenvalue weighted by atomic mass is 16.7. The van der Waals surface area contributed by atoms with Gasteiger partial charge in [-0.2, -0.15) is 4.68 Å². The van der Waals surface area contributed by atoms with E-state index < -0.39 is 0 Å². The van der Waals surface area contributed by atoms with E-state index in [1.165, 1.54) is 5.56 Å². The molecule has 4 heterocycles. The van der Waals surface area contributed by atoms with Crippen molar-refractivity contribution in [2.45, 2.75) is 31.7 Å². The number of likely N-dealkylation sites (tertiary alicyclic amines) is 1. The zero-order valence-electron chi connectivity index (χ0n) is 23.9. The minimum absolute atomic E-state index is 0.0409. The number of hydrogen-bond donors (Lipinski definition) is 0. The first-order chi connectivity index (χ1) is 20.6. The molecule has 0 radical (unpaired) electrons. The number of carbonyl (C=O) groups is 1. The monoisotopic (exact) mass is 566 g/mol. The number of amides is 1. The van der Waals surface area contributed by atoms with Gasteiger partial charge < -0.3 is 19.1 Å². The van der Waals surface area contributed by atoms with Gasteiger partial charge in [0.1, 0.15) is 6.04 Å². The van der Waals surface area contributed by atoms with Crippen molar-refractivity contribution < 1.29 is 19.0 Å². The van der Waals surface area contributed by atoms with Crippen LogP contribution in [0.3, 0.4) is 0 Å². The lowest BCUT2D eigenvalue weighted by molar-refractivity contribution is 0.0690. The first-order valence-corrected chi connectivity index (χ1v) is 14.5. The van der Waals surface area contributed by atoms with Crippen molar-refractivity contribution in [2.75, 3.05) is 40.6 Å². The molecule has 3 aliphatic heterocycles. The number of piperidine rings is 1. The molecule has 0 N–H and O–H groups in total. The average molecular weight is 567 g/mol. The molecule has 7 rings (SSSR count). The van der Waals surface area contributed by atoms with Crippen molar-refractivity contribution in [1.29, 1.82) is 0 Å². The van der Waals surface area contributed by atoms with E-state index in [0.717, 1.165) is 62.1 Å². The molecule has 3 aromatic carbocycles. The number of likely N-dealkylation sites (N-methyl/N-ethyl adjacent to an activating group) is 1. The molecular formula is C32H34N6O4. The van der Waals surface area contributed by atoms with Gasteiger partial charge in [0.25, 0.3) is 5.91 Å². The Hall–Kier alpha value is -4.44. The minimum Gasteiger partial charge on any atom is -0.492 e. The third kappa shape index (κ3) is 4.75. The van der Waals surface area contributed by atoms with Crippen LogP contribution in [0.5, 0.6) is 17.2 Å². The van der Waals surface area contributed by atoms with E-state index in [9.17, 15) is 4.79 Å². The maximum absolute atomic E-state index is 13.6. The summed E-state index contributed by atoms with van der Waals surface area (Å²) in [6, 6.07) is 20.0. The molecule has 216 valence electrons. The summed E-state index contributed by atoms with van der Waals surface area (Å²) in [5.41, 5.74) is 4.82. The van der Waals surface area contributed by atoms with E-state index in [-0.39, 0.29) is 18.7 Å². The van der Waals surface area contributed by atoms with Crippen molar-refractivity contribution in [2.24, 2.45) is 5.92 Å². The standard InChI is InChI=1S/C32H34N6O4/c1-36-14-13-23-19-26-29(42-20-41-26)30(40-2)27(23)28(36)31-33-34-35-38(31)25-10-6-9-24(18-25)32(39)37-15-11-22(12-16-37)17-21-7-4-3-5-8-21/h3-10,18-19,22,28H,11-17,20H2,1-2H3/t28-/m0/s1. The van der Waals surface area contributed by atoms with Crippen molar-refractivity contribution in [3.05, 3.63) is 88.7 Å². The highest BCUT2D eigenvalue weighted by molar-refractivity contribution is 5.94. The van der Waals surface area contributed by atoms with Crippen molar-refractivity contribution in [3.8, 4) is 22.9 Å². The summed E-state index contributed by atoms with van der Waals surface area (Å²) >= 11 is 0. The Bertz CT molecular complexity index is 1600. The number of tetrazole rings is 1. The topological polar surface area (TPSA) is 94.8 Å². The quantitative estimate of drug-likeness (QED) is 0.345. The van der Waals surface area contributed by atoms with Crippen LogP contribution in [0, 0.1) is 5.92 Å². The highest BCUT2D eigenvalue weighted by Crippen LogP contribution is 2.50. The first-order valence-electron chi connectivity index (χ1n) is 14.5. The Morgan fingerprint density at radius 2 is 1.86 bits per heavy atom. The number of carbonyl (C=O) groups excluding carboxylic acids is 1. The van der Waals surface area contributed by atoms with Crippen LogP contribution in [0.25, 0.3) is 5.69 Å². The maximum atomic E-state index is 13.6. The number of nitrogens with zero attached hydrogens (tertiary/aromatic N) is 6. The van der Waals surface area contributed by atoms with Gasteiger partial charge in [-0.15, -0.1) is 5.10 Å². The Morgan fingerprint density at radius 3 is 2.67 bits per heavy atom. The summed E-state index contributed by atoms with van der Waals surface area (Å²) in [5.74, 6) is 3.23. The van der Waals surface area contributed by atoms with Crippen LogP contribution in [0.4, 0.5) is 0 Å². The average Bonchev–Trinajstić information content (AvgIpc) is 3.71. The van der Waals surface area contributed by atoms with Crippen molar-refractivity contribution >= 4 is 5.91 Å². The summed E-state index contributed by atoms with van der Waals surface area (Å²) in [6.45, 7) is 2.50. The number of benzene rings is 3. The molecule has 1 fully saturated rings. The van der Waals surface area contributed by atoms with E-state index in [0.29, 0.717) is 34.6 Å². The third-order valence-corrected chi connectivity index (χ3v) is 8.74. The lowest BCUT2D eigenvalue weighted by Gasteiger charge is -2.34. The molecular weight excluding hydrogens is 532 g/mol. The highest BCUT2D eigenvalue weighted by Gasteiger charge is 2.38. The number of aromatic nitrogens is 4. The lowest BCUT2D eigenvalue weighted by Crippen LogP contribution is -2.39. The van der Waals surface area contributed by atoms with E-state index in [1.807, 2.05) is 35.2 Å². The van der Waals surface area contributed by atoms with Crippen molar-refractivity contribution in [1.82, 2.24) is 30.0 Å². The zero-order valence-corrected chi connectivity index (χ0v) is 23.9. The Kier molecular flexibility index (Phi) is 6.99. The van der Waals surface area contributed by atoms with E-state index in [4.69, 9.17) is 14.2 Å². The molecule has 1 aromatic heterocycles. The molecule has 1 atom stereocenters. The number of hydrogen-bond acceptors (Lipinski definition) is 8. The molecule has 0 spiro atoms. The molecule has 1 amide bonds. The Labute approximate surface area is 244 Å². The molecule has 1 saturated heterocycles. The molecule has 0 bridgehead atoms. The molecule has 3 aliphatic rings. The van der Waals surface area contributed by atoms with E-state index in [2.05, 4.69) is 57.8 Å². The molecule has 10 heteroatoms. The molecule has 4 aromatic rings.